The lowest BCUT2D eigenvalue weighted by Gasteiger charge is -2.38. The Labute approximate surface area is 160 Å². The van der Waals surface area contributed by atoms with E-state index in [9.17, 15) is 4.79 Å². The van der Waals surface area contributed by atoms with Gasteiger partial charge in [0.1, 0.15) is 6.04 Å². The van der Waals surface area contributed by atoms with Crippen LogP contribution in [0.1, 0.15) is 5.56 Å². The minimum Gasteiger partial charge on any atom is -0.493 e. The summed E-state index contributed by atoms with van der Waals surface area (Å²) in [5.41, 5.74) is 1.18. The maximum atomic E-state index is 13.0. The largest absolute Gasteiger partial charge is 0.493 e. The van der Waals surface area contributed by atoms with Crippen molar-refractivity contribution in [1.29, 1.82) is 0 Å². The number of esters is 1. The van der Waals surface area contributed by atoms with Crippen molar-refractivity contribution in [3.8, 4) is 17.2 Å². The van der Waals surface area contributed by atoms with Crippen molar-refractivity contribution in [1.82, 2.24) is 9.80 Å². The number of carbonyl (C=O) groups is 1. The number of likely N-dealkylation sites (N-methyl/N-ethyl adjacent to an activating group) is 1. The molecule has 1 aliphatic heterocycles. The third-order valence-corrected chi connectivity index (χ3v) is 4.78. The zero-order valence-electron chi connectivity index (χ0n) is 16.1. The maximum Gasteiger partial charge on any atom is 0.330 e. The first-order valence-electron chi connectivity index (χ1n) is 9.01. The van der Waals surface area contributed by atoms with Crippen LogP contribution in [0, 0.1) is 0 Å². The van der Waals surface area contributed by atoms with Crippen molar-refractivity contribution < 1.29 is 19.0 Å². The fourth-order valence-corrected chi connectivity index (χ4v) is 3.27. The first-order valence-corrected chi connectivity index (χ1v) is 9.01. The molecule has 0 saturated carbocycles. The number of ether oxygens (including phenoxy) is 3. The summed E-state index contributed by atoms with van der Waals surface area (Å²) in [4.78, 5) is 17.4. The van der Waals surface area contributed by atoms with Gasteiger partial charge < -0.3 is 19.1 Å². The molecular formula is C21H26N2O4. The highest BCUT2D eigenvalue weighted by Gasteiger charge is 2.33. The third kappa shape index (κ3) is 4.59. The smallest absolute Gasteiger partial charge is 0.330 e. The van der Waals surface area contributed by atoms with E-state index in [-0.39, 0.29) is 12.0 Å². The van der Waals surface area contributed by atoms with E-state index in [0.717, 1.165) is 13.1 Å². The molecule has 3 rings (SSSR count). The minimum atomic E-state index is -0.362. The number of benzene rings is 2. The summed E-state index contributed by atoms with van der Waals surface area (Å²) in [5, 5.41) is 0. The van der Waals surface area contributed by atoms with E-state index in [1.807, 2.05) is 25.2 Å². The van der Waals surface area contributed by atoms with Gasteiger partial charge in [0.2, 0.25) is 5.75 Å². The van der Waals surface area contributed by atoms with E-state index >= 15 is 0 Å². The number of hydrogen-bond acceptors (Lipinski definition) is 6. The predicted octanol–water partition coefficient (Wildman–Crippen LogP) is 2.43. The molecule has 144 valence electrons. The van der Waals surface area contributed by atoms with E-state index in [2.05, 4.69) is 21.9 Å². The van der Waals surface area contributed by atoms with Gasteiger partial charge in [-0.15, -0.1) is 0 Å². The zero-order chi connectivity index (χ0) is 19.2. The molecule has 0 radical (unpaired) electrons. The standard InChI is InChI=1S/C21H26N2O4/c1-22-12-13-23(14-16-8-5-4-6-9-16)17(15-22)21(24)27-20-18(25-2)10-7-11-19(20)26-3/h4-11,17H,12-15H2,1-3H3. The van der Waals surface area contributed by atoms with Crippen LogP contribution in [0.15, 0.2) is 48.5 Å². The molecule has 6 nitrogen and oxygen atoms in total. The normalized spacial score (nSPS) is 18.1. The number of piperazine rings is 1. The summed E-state index contributed by atoms with van der Waals surface area (Å²) in [6.45, 7) is 3.03. The highest BCUT2D eigenvalue weighted by atomic mass is 16.6. The van der Waals surface area contributed by atoms with Gasteiger partial charge in [0.05, 0.1) is 14.2 Å². The summed E-state index contributed by atoms with van der Waals surface area (Å²) >= 11 is 0. The lowest BCUT2D eigenvalue weighted by Crippen LogP contribution is -2.55. The monoisotopic (exact) mass is 370 g/mol. The summed E-state index contributed by atoms with van der Waals surface area (Å²) in [6.07, 6.45) is 0. The Kier molecular flexibility index (Phi) is 6.32. The predicted molar refractivity (Wildman–Crippen MR) is 103 cm³/mol. The number of nitrogens with zero attached hydrogens (tertiary/aromatic N) is 2. The second kappa shape index (κ2) is 8.88. The second-order valence-electron chi connectivity index (χ2n) is 6.65. The fraction of sp³-hybridized carbons (Fsp3) is 0.381. The van der Waals surface area contributed by atoms with Crippen molar-refractivity contribution >= 4 is 5.97 Å². The number of hydrogen-bond donors (Lipinski definition) is 0. The van der Waals surface area contributed by atoms with Gasteiger partial charge in [-0.25, -0.2) is 4.79 Å². The van der Waals surface area contributed by atoms with Crippen molar-refractivity contribution in [2.45, 2.75) is 12.6 Å². The summed E-state index contributed by atoms with van der Waals surface area (Å²) in [6, 6.07) is 15.1. The molecule has 1 fully saturated rings. The van der Waals surface area contributed by atoms with Crippen molar-refractivity contribution in [2.24, 2.45) is 0 Å². The molecule has 1 saturated heterocycles. The Hall–Kier alpha value is -2.57. The molecular weight excluding hydrogens is 344 g/mol. The van der Waals surface area contributed by atoms with Gasteiger partial charge in [-0.2, -0.15) is 0 Å². The van der Waals surface area contributed by atoms with E-state index in [4.69, 9.17) is 14.2 Å². The molecule has 0 amide bonds. The molecule has 1 heterocycles. The summed E-state index contributed by atoms with van der Waals surface area (Å²) in [7, 11) is 5.11. The van der Waals surface area contributed by atoms with Crippen LogP contribution < -0.4 is 14.2 Å². The lowest BCUT2D eigenvalue weighted by atomic mass is 10.1. The van der Waals surface area contributed by atoms with Crippen LogP contribution in [0.25, 0.3) is 0 Å². The molecule has 0 aliphatic carbocycles. The van der Waals surface area contributed by atoms with Gasteiger partial charge >= 0.3 is 5.97 Å². The summed E-state index contributed by atoms with van der Waals surface area (Å²) in [5.74, 6) is 0.962. The van der Waals surface area contributed by atoms with Crippen LogP contribution in [-0.2, 0) is 11.3 Å². The highest BCUT2D eigenvalue weighted by Crippen LogP contribution is 2.37. The maximum absolute atomic E-state index is 13.0. The number of carbonyl (C=O) groups excluding carboxylic acids is 1. The SMILES string of the molecule is COc1cccc(OC)c1OC(=O)C1CN(C)CCN1Cc1ccccc1. The van der Waals surface area contributed by atoms with E-state index in [1.54, 1.807) is 32.4 Å². The zero-order valence-corrected chi connectivity index (χ0v) is 16.1. The number of rotatable bonds is 6. The molecule has 6 heteroatoms. The van der Waals surface area contributed by atoms with E-state index < -0.39 is 0 Å². The molecule has 0 aromatic heterocycles. The van der Waals surface area contributed by atoms with Crippen molar-refractivity contribution in [3.05, 3.63) is 54.1 Å². The molecule has 0 N–H and O–H groups in total. The highest BCUT2D eigenvalue weighted by molar-refractivity contribution is 5.80. The average molecular weight is 370 g/mol. The molecule has 1 aliphatic rings. The Morgan fingerprint density at radius 2 is 1.67 bits per heavy atom. The van der Waals surface area contributed by atoms with Gasteiger partial charge in [-0.3, -0.25) is 4.90 Å². The van der Waals surface area contributed by atoms with Crippen LogP contribution >= 0.6 is 0 Å². The molecule has 2 aromatic carbocycles. The molecule has 27 heavy (non-hydrogen) atoms. The average Bonchev–Trinajstić information content (AvgIpc) is 2.70. The Morgan fingerprint density at radius 3 is 2.30 bits per heavy atom. The second-order valence-corrected chi connectivity index (χ2v) is 6.65. The quantitative estimate of drug-likeness (QED) is 0.575. The van der Waals surface area contributed by atoms with Gasteiger partial charge in [-0.1, -0.05) is 36.4 Å². The molecule has 0 spiro atoms. The topological polar surface area (TPSA) is 51.2 Å². The Balaban J connectivity index is 1.80. The minimum absolute atomic E-state index is 0.305. The number of methoxy groups -OCH3 is 2. The van der Waals surface area contributed by atoms with Crippen molar-refractivity contribution in [2.75, 3.05) is 40.9 Å². The van der Waals surface area contributed by atoms with Gasteiger partial charge in [0.15, 0.2) is 11.5 Å². The van der Waals surface area contributed by atoms with Crippen LogP contribution in [0.5, 0.6) is 17.2 Å². The molecule has 1 atom stereocenters. The Bertz CT molecular complexity index is 744. The molecule has 0 bridgehead atoms. The van der Waals surface area contributed by atoms with E-state index in [0.29, 0.717) is 30.3 Å². The van der Waals surface area contributed by atoms with Crippen LogP contribution in [0.3, 0.4) is 0 Å². The van der Waals surface area contributed by atoms with Crippen molar-refractivity contribution in [3.63, 3.8) is 0 Å². The fourth-order valence-electron chi connectivity index (χ4n) is 3.27. The van der Waals surface area contributed by atoms with Gasteiger partial charge in [0.25, 0.3) is 0 Å². The molecule has 1 unspecified atom stereocenters. The van der Waals surface area contributed by atoms with Gasteiger partial charge in [-0.05, 0) is 24.7 Å². The van der Waals surface area contributed by atoms with E-state index in [1.165, 1.54) is 5.56 Å². The lowest BCUT2D eigenvalue weighted by molar-refractivity contribution is -0.143. The van der Waals surface area contributed by atoms with Gasteiger partial charge in [0, 0.05) is 26.2 Å². The Morgan fingerprint density at radius 1 is 1.00 bits per heavy atom. The van der Waals surface area contributed by atoms with Crippen LogP contribution in [0.2, 0.25) is 0 Å². The number of para-hydroxylation sites is 1. The van der Waals surface area contributed by atoms with Crippen LogP contribution in [0.4, 0.5) is 0 Å². The summed E-state index contributed by atoms with van der Waals surface area (Å²) < 4.78 is 16.4. The first-order chi connectivity index (χ1) is 13.1. The van der Waals surface area contributed by atoms with Crippen LogP contribution in [-0.4, -0.2) is 62.7 Å². The third-order valence-electron chi connectivity index (χ3n) is 4.78. The molecule has 2 aromatic rings. The first kappa shape index (κ1) is 19.2.